The van der Waals surface area contributed by atoms with Crippen LogP contribution in [-0.4, -0.2) is 23.2 Å². The molecule has 0 aliphatic carbocycles. The second-order valence-electron chi connectivity index (χ2n) is 6.12. The molecule has 3 aromatic rings. The van der Waals surface area contributed by atoms with Crippen molar-refractivity contribution in [1.82, 2.24) is 0 Å². The smallest absolute Gasteiger partial charge is 0.283 e. The maximum absolute atomic E-state index is 13.0. The molecule has 3 aromatic carbocycles. The van der Waals surface area contributed by atoms with Crippen molar-refractivity contribution in [2.75, 3.05) is 0 Å². The van der Waals surface area contributed by atoms with Gasteiger partial charge in [-0.1, -0.05) is 64.6 Å². The van der Waals surface area contributed by atoms with Crippen molar-refractivity contribution in [3.05, 3.63) is 91.4 Å². The number of halogens is 4. The van der Waals surface area contributed by atoms with Crippen molar-refractivity contribution >= 4 is 56.5 Å². The number of phenolic OH excluding ortho intramolecular Hbond substituents is 2. The van der Waals surface area contributed by atoms with Crippen LogP contribution >= 0.6 is 46.4 Å². The summed E-state index contributed by atoms with van der Waals surface area (Å²) in [7, 11) is -5.09. The highest BCUT2D eigenvalue weighted by Gasteiger charge is 2.51. The predicted molar refractivity (Wildman–Crippen MR) is 114 cm³/mol. The summed E-state index contributed by atoms with van der Waals surface area (Å²) in [5.74, 6) is -0.834. The van der Waals surface area contributed by atoms with Gasteiger partial charge in [-0.05, 0) is 42.0 Å². The summed E-state index contributed by atoms with van der Waals surface area (Å²) in [5, 5.41) is 19.9. The average molecular weight is 494 g/mol. The molecule has 0 aliphatic rings. The fourth-order valence-corrected chi connectivity index (χ4v) is 5.68. The molecule has 29 heavy (non-hydrogen) atoms. The molecule has 0 bridgehead atoms. The molecule has 1 atom stereocenters. The highest BCUT2D eigenvalue weighted by atomic mass is 35.5. The number of aromatic hydroxyl groups is 2. The lowest BCUT2D eigenvalue weighted by Crippen LogP contribution is -2.38. The predicted octanol–water partition coefficient (Wildman–Crippen LogP) is 5.89. The number of phenols is 2. The van der Waals surface area contributed by atoms with Gasteiger partial charge >= 0.3 is 0 Å². The molecule has 1 unspecified atom stereocenters. The summed E-state index contributed by atoms with van der Waals surface area (Å²) in [6.45, 7) is 0. The third-order valence-electron chi connectivity index (χ3n) is 4.34. The topological polar surface area (TPSA) is 94.8 Å². The van der Waals surface area contributed by atoms with Crippen LogP contribution in [0, 0.1) is 0 Å². The first-order valence-corrected chi connectivity index (χ1v) is 10.8. The summed E-state index contributed by atoms with van der Waals surface area (Å²) >= 11 is 24.6. The minimum absolute atomic E-state index is 0.00520. The zero-order valence-corrected chi connectivity index (χ0v) is 18.1. The molecule has 0 saturated carbocycles. The number of benzene rings is 3. The lowest BCUT2D eigenvalue weighted by atomic mass is 9.83. The van der Waals surface area contributed by atoms with E-state index in [2.05, 4.69) is 0 Å². The van der Waals surface area contributed by atoms with Gasteiger partial charge in [-0.3, -0.25) is 4.55 Å². The van der Waals surface area contributed by atoms with Crippen LogP contribution in [0.5, 0.6) is 11.5 Å². The molecular weight excluding hydrogens is 482 g/mol. The molecule has 0 fully saturated rings. The van der Waals surface area contributed by atoms with Crippen molar-refractivity contribution in [2.45, 2.75) is 4.75 Å². The van der Waals surface area contributed by atoms with E-state index in [9.17, 15) is 23.2 Å². The molecular formula is C19H12Cl4O5S. The molecule has 5 nitrogen and oxygen atoms in total. The van der Waals surface area contributed by atoms with Crippen molar-refractivity contribution in [2.24, 2.45) is 0 Å². The van der Waals surface area contributed by atoms with Crippen LogP contribution in [0.1, 0.15) is 16.7 Å². The first-order valence-electron chi connectivity index (χ1n) is 7.89. The third kappa shape index (κ3) is 3.77. The highest BCUT2D eigenvalue weighted by molar-refractivity contribution is 7.87. The Morgan fingerprint density at radius 3 is 2.00 bits per heavy atom. The average Bonchev–Trinajstić information content (AvgIpc) is 2.59. The molecule has 3 rings (SSSR count). The second kappa shape index (κ2) is 7.87. The SMILES string of the molecule is O=S(=O)(O)C(c1cc(O)cc(Cl)c1)(c1ccccc1Cl)c1cc(O)c(Cl)cc1Cl. The van der Waals surface area contributed by atoms with Crippen LogP contribution in [-0.2, 0) is 14.9 Å². The van der Waals surface area contributed by atoms with Gasteiger partial charge in [-0.2, -0.15) is 8.42 Å². The van der Waals surface area contributed by atoms with Crippen LogP contribution in [0.25, 0.3) is 0 Å². The van der Waals surface area contributed by atoms with Gasteiger partial charge in [0.25, 0.3) is 10.1 Å². The van der Waals surface area contributed by atoms with E-state index in [1.54, 1.807) is 6.07 Å². The Hall–Kier alpha value is -1.67. The van der Waals surface area contributed by atoms with Gasteiger partial charge in [0.15, 0.2) is 4.75 Å². The summed E-state index contributed by atoms with van der Waals surface area (Å²) in [6.07, 6.45) is 0. The third-order valence-corrected chi connectivity index (χ3v) is 6.96. The van der Waals surface area contributed by atoms with Gasteiger partial charge in [0, 0.05) is 26.2 Å². The highest BCUT2D eigenvalue weighted by Crippen LogP contribution is 2.51. The normalized spacial score (nSPS) is 13.8. The van der Waals surface area contributed by atoms with Crippen LogP contribution < -0.4 is 0 Å². The maximum Gasteiger partial charge on any atom is 0.283 e. The van der Waals surface area contributed by atoms with Gasteiger partial charge < -0.3 is 10.2 Å². The van der Waals surface area contributed by atoms with Crippen LogP contribution in [0.3, 0.4) is 0 Å². The van der Waals surface area contributed by atoms with E-state index in [4.69, 9.17) is 46.4 Å². The van der Waals surface area contributed by atoms with E-state index >= 15 is 0 Å². The van der Waals surface area contributed by atoms with Gasteiger partial charge in [0.05, 0.1) is 5.02 Å². The zero-order valence-electron chi connectivity index (χ0n) is 14.3. The molecule has 10 heteroatoms. The first kappa shape index (κ1) is 22.0. The Morgan fingerprint density at radius 1 is 0.759 bits per heavy atom. The molecule has 3 N–H and O–H groups in total. The fraction of sp³-hybridized carbons (Fsp3) is 0.0526. The van der Waals surface area contributed by atoms with Crippen molar-refractivity contribution in [3.8, 4) is 11.5 Å². The second-order valence-corrected chi connectivity index (χ2v) is 9.34. The Morgan fingerprint density at radius 2 is 1.41 bits per heavy atom. The molecule has 0 heterocycles. The quantitative estimate of drug-likeness (QED) is 0.311. The van der Waals surface area contributed by atoms with E-state index in [1.165, 1.54) is 30.3 Å². The largest absolute Gasteiger partial charge is 0.508 e. The minimum Gasteiger partial charge on any atom is -0.508 e. The Bertz CT molecular complexity index is 1190. The van der Waals surface area contributed by atoms with Crippen LogP contribution in [0.4, 0.5) is 0 Å². The van der Waals surface area contributed by atoms with Crippen LogP contribution in [0.15, 0.2) is 54.6 Å². The lowest BCUT2D eigenvalue weighted by molar-refractivity contribution is 0.455. The molecule has 0 spiro atoms. The van der Waals surface area contributed by atoms with Gasteiger partial charge in [0.1, 0.15) is 11.5 Å². The van der Waals surface area contributed by atoms with E-state index in [-0.39, 0.29) is 42.5 Å². The van der Waals surface area contributed by atoms with Crippen LogP contribution in [0.2, 0.25) is 20.1 Å². The van der Waals surface area contributed by atoms with Crippen molar-refractivity contribution < 1.29 is 23.2 Å². The summed E-state index contributed by atoms with van der Waals surface area (Å²) in [5.41, 5.74) is -0.463. The van der Waals surface area contributed by atoms with E-state index < -0.39 is 20.6 Å². The van der Waals surface area contributed by atoms with Gasteiger partial charge in [-0.15, -0.1) is 0 Å². The number of rotatable bonds is 4. The van der Waals surface area contributed by atoms with Gasteiger partial charge in [0.2, 0.25) is 0 Å². The first-order chi connectivity index (χ1) is 13.5. The lowest BCUT2D eigenvalue weighted by Gasteiger charge is -2.34. The summed E-state index contributed by atoms with van der Waals surface area (Å²) < 4.78 is 34.0. The minimum atomic E-state index is -5.09. The van der Waals surface area contributed by atoms with E-state index in [1.807, 2.05) is 0 Å². The molecule has 0 aromatic heterocycles. The molecule has 0 radical (unpaired) electrons. The Labute approximate surface area is 186 Å². The number of hydrogen-bond acceptors (Lipinski definition) is 4. The molecule has 0 saturated heterocycles. The summed E-state index contributed by atoms with van der Waals surface area (Å²) in [4.78, 5) is 0. The fourth-order valence-electron chi connectivity index (χ4n) is 3.21. The zero-order chi connectivity index (χ0) is 21.6. The molecule has 0 amide bonds. The van der Waals surface area contributed by atoms with Crippen molar-refractivity contribution in [3.63, 3.8) is 0 Å². The van der Waals surface area contributed by atoms with E-state index in [0.29, 0.717) is 0 Å². The Balaban J connectivity index is 2.63. The van der Waals surface area contributed by atoms with Crippen molar-refractivity contribution in [1.29, 1.82) is 0 Å². The van der Waals surface area contributed by atoms with E-state index in [0.717, 1.165) is 18.2 Å². The molecule has 152 valence electrons. The Kier molecular flexibility index (Phi) is 5.98. The molecule has 0 aliphatic heterocycles. The number of hydrogen-bond donors (Lipinski definition) is 3. The summed E-state index contributed by atoms with van der Waals surface area (Å²) in [6, 6.07) is 11.5. The van der Waals surface area contributed by atoms with Gasteiger partial charge in [-0.25, -0.2) is 0 Å². The maximum atomic E-state index is 13.0. The monoisotopic (exact) mass is 492 g/mol. The standard InChI is InChI=1S/C19H12Cl4O5S/c20-11-5-10(6-12(24)7-11)19(29(26,27)28,13-3-1-2-4-15(13)21)14-8-18(25)17(23)9-16(14)22/h1-9,24-25H,(H,26,27,28).